The SMILES string of the molecule is FC(F)(F)C1CCCCC1(C(F)(F)F)C(F)(F)F. The third-order valence-corrected chi connectivity index (χ3v) is 3.32. The summed E-state index contributed by atoms with van der Waals surface area (Å²) in [6.07, 6.45) is -21.0. The Bertz CT molecular complexity index is 281. The summed E-state index contributed by atoms with van der Waals surface area (Å²) in [6.45, 7) is 0. The molecular formula is C9H9F9. The molecule has 1 aliphatic rings. The first-order valence-electron chi connectivity index (χ1n) is 5.04. The molecule has 0 heterocycles. The lowest BCUT2D eigenvalue weighted by Crippen LogP contribution is -2.59. The van der Waals surface area contributed by atoms with Crippen molar-refractivity contribution in [3.8, 4) is 0 Å². The number of rotatable bonds is 0. The van der Waals surface area contributed by atoms with Crippen LogP contribution >= 0.6 is 0 Å². The molecule has 0 radical (unpaired) electrons. The highest BCUT2D eigenvalue weighted by atomic mass is 19.4. The van der Waals surface area contributed by atoms with Crippen molar-refractivity contribution in [2.45, 2.75) is 44.2 Å². The molecule has 1 unspecified atom stereocenters. The van der Waals surface area contributed by atoms with Crippen LogP contribution in [0.1, 0.15) is 25.7 Å². The molecule has 18 heavy (non-hydrogen) atoms. The van der Waals surface area contributed by atoms with Crippen LogP contribution in [0.15, 0.2) is 0 Å². The molecular weight excluding hydrogens is 279 g/mol. The lowest BCUT2D eigenvalue weighted by molar-refractivity contribution is -0.396. The van der Waals surface area contributed by atoms with Crippen LogP contribution in [0.2, 0.25) is 0 Å². The van der Waals surface area contributed by atoms with Crippen LogP contribution in [0, 0.1) is 11.3 Å². The van der Waals surface area contributed by atoms with Crippen LogP contribution in [0.4, 0.5) is 39.5 Å². The van der Waals surface area contributed by atoms with Gasteiger partial charge in [0, 0.05) is 0 Å². The lowest BCUT2D eigenvalue weighted by Gasteiger charge is -2.46. The molecule has 1 rings (SSSR count). The lowest BCUT2D eigenvalue weighted by atomic mass is 9.64. The summed E-state index contributed by atoms with van der Waals surface area (Å²) in [7, 11) is 0. The largest absolute Gasteiger partial charge is 0.403 e. The first kappa shape index (κ1) is 15.4. The molecule has 0 spiro atoms. The Morgan fingerprint density at radius 3 is 1.44 bits per heavy atom. The van der Waals surface area contributed by atoms with Gasteiger partial charge in [-0.25, -0.2) is 0 Å². The van der Waals surface area contributed by atoms with E-state index >= 15 is 0 Å². The van der Waals surface area contributed by atoms with Gasteiger partial charge in [0.2, 0.25) is 0 Å². The highest BCUT2D eigenvalue weighted by molar-refractivity contribution is 5.02. The van der Waals surface area contributed by atoms with Crippen molar-refractivity contribution >= 4 is 0 Å². The average molecular weight is 288 g/mol. The fourth-order valence-corrected chi connectivity index (χ4v) is 2.46. The minimum atomic E-state index is -5.97. The molecule has 0 saturated heterocycles. The molecule has 108 valence electrons. The Balaban J connectivity index is 3.38. The van der Waals surface area contributed by atoms with E-state index in [0.717, 1.165) is 0 Å². The fraction of sp³-hybridized carbons (Fsp3) is 1.00. The van der Waals surface area contributed by atoms with Crippen LogP contribution in [0.3, 0.4) is 0 Å². The molecule has 1 atom stereocenters. The zero-order valence-electron chi connectivity index (χ0n) is 8.81. The summed E-state index contributed by atoms with van der Waals surface area (Å²) in [5, 5.41) is 0. The van der Waals surface area contributed by atoms with Crippen LogP contribution < -0.4 is 0 Å². The Morgan fingerprint density at radius 2 is 1.17 bits per heavy atom. The van der Waals surface area contributed by atoms with Gasteiger partial charge in [-0.15, -0.1) is 0 Å². The van der Waals surface area contributed by atoms with Gasteiger partial charge in [0.1, 0.15) is 0 Å². The minimum Gasteiger partial charge on any atom is -0.171 e. The summed E-state index contributed by atoms with van der Waals surface area (Å²) in [5.74, 6) is -3.42. The molecule has 0 aromatic rings. The topological polar surface area (TPSA) is 0 Å². The fourth-order valence-electron chi connectivity index (χ4n) is 2.46. The molecule has 0 aromatic heterocycles. The van der Waals surface area contributed by atoms with Gasteiger partial charge >= 0.3 is 18.5 Å². The predicted molar refractivity (Wildman–Crippen MR) is 42.6 cm³/mol. The average Bonchev–Trinajstić information content (AvgIpc) is 2.12. The smallest absolute Gasteiger partial charge is 0.171 e. The molecule has 1 saturated carbocycles. The van der Waals surface area contributed by atoms with Crippen molar-refractivity contribution in [2.75, 3.05) is 0 Å². The first-order chi connectivity index (χ1) is 7.84. The zero-order valence-corrected chi connectivity index (χ0v) is 8.81. The Hall–Kier alpha value is -0.630. The summed E-state index contributed by atoms with van der Waals surface area (Å²) < 4.78 is 113. The second-order valence-electron chi connectivity index (χ2n) is 4.31. The summed E-state index contributed by atoms with van der Waals surface area (Å²) in [5.41, 5.74) is -4.67. The molecule has 9 heteroatoms. The number of alkyl halides is 9. The summed E-state index contributed by atoms with van der Waals surface area (Å²) in [6, 6.07) is 0. The van der Waals surface area contributed by atoms with Crippen LogP contribution in [-0.2, 0) is 0 Å². The van der Waals surface area contributed by atoms with E-state index in [1.54, 1.807) is 0 Å². The van der Waals surface area contributed by atoms with Crippen LogP contribution in [0.5, 0.6) is 0 Å². The van der Waals surface area contributed by atoms with E-state index in [-0.39, 0.29) is 6.42 Å². The van der Waals surface area contributed by atoms with Crippen molar-refractivity contribution in [3.63, 3.8) is 0 Å². The third kappa shape index (κ3) is 2.27. The van der Waals surface area contributed by atoms with Crippen LogP contribution in [-0.4, -0.2) is 18.5 Å². The Kier molecular flexibility index (Phi) is 3.59. The monoisotopic (exact) mass is 288 g/mol. The second-order valence-corrected chi connectivity index (χ2v) is 4.31. The minimum absolute atomic E-state index is 0.294. The normalized spacial score (nSPS) is 26.2. The van der Waals surface area contributed by atoms with E-state index in [4.69, 9.17) is 0 Å². The zero-order chi connectivity index (χ0) is 14.4. The Labute approximate surface area is 96.1 Å². The highest BCUT2D eigenvalue weighted by Gasteiger charge is 2.78. The molecule has 0 amide bonds. The maximum absolute atomic E-state index is 12.7. The number of hydrogen-bond donors (Lipinski definition) is 0. The second kappa shape index (κ2) is 4.19. The molecule has 1 aliphatic carbocycles. The van der Waals surface area contributed by atoms with Crippen molar-refractivity contribution in [1.82, 2.24) is 0 Å². The van der Waals surface area contributed by atoms with Gasteiger partial charge in [0.15, 0.2) is 5.41 Å². The van der Waals surface area contributed by atoms with E-state index < -0.39 is 49.1 Å². The molecule has 0 aliphatic heterocycles. The van der Waals surface area contributed by atoms with Crippen molar-refractivity contribution in [3.05, 3.63) is 0 Å². The van der Waals surface area contributed by atoms with Gasteiger partial charge in [-0.05, 0) is 12.8 Å². The standard InChI is InChI=1S/C9H9F9/c10-7(11,12)5-3-1-2-4-6(5,8(13,14)15)9(16,17)18/h5H,1-4H2. The van der Waals surface area contributed by atoms with Gasteiger partial charge < -0.3 is 0 Å². The van der Waals surface area contributed by atoms with Gasteiger partial charge in [0.05, 0.1) is 5.92 Å². The van der Waals surface area contributed by atoms with E-state index in [1.165, 1.54) is 0 Å². The number of hydrogen-bond acceptors (Lipinski definition) is 0. The maximum Gasteiger partial charge on any atom is 0.403 e. The van der Waals surface area contributed by atoms with Gasteiger partial charge in [-0.3, -0.25) is 0 Å². The predicted octanol–water partition coefficient (Wildman–Crippen LogP) is 4.85. The third-order valence-electron chi connectivity index (χ3n) is 3.32. The summed E-state index contributed by atoms with van der Waals surface area (Å²) >= 11 is 0. The molecule has 0 bridgehead atoms. The molecule has 0 N–H and O–H groups in total. The van der Waals surface area contributed by atoms with E-state index in [0.29, 0.717) is 0 Å². The Morgan fingerprint density at radius 1 is 0.722 bits per heavy atom. The highest BCUT2D eigenvalue weighted by Crippen LogP contribution is 2.64. The summed E-state index contributed by atoms with van der Waals surface area (Å²) in [4.78, 5) is 0. The van der Waals surface area contributed by atoms with Gasteiger partial charge in [-0.2, -0.15) is 39.5 Å². The van der Waals surface area contributed by atoms with Crippen molar-refractivity contribution < 1.29 is 39.5 Å². The van der Waals surface area contributed by atoms with Gasteiger partial charge in [0.25, 0.3) is 0 Å². The molecule has 0 nitrogen and oxygen atoms in total. The van der Waals surface area contributed by atoms with Crippen molar-refractivity contribution in [2.24, 2.45) is 11.3 Å². The van der Waals surface area contributed by atoms with E-state index in [2.05, 4.69) is 0 Å². The quantitative estimate of drug-likeness (QED) is 0.559. The van der Waals surface area contributed by atoms with Crippen molar-refractivity contribution in [1.29, 1.82) is 0 Å². The van der Waals surface area contributed by atoms with Gasteiger partial charge in [-0.1, -0.05) is 12.8 Å². The van der Waals surface area contributed by atoms with Crippen LogP contribution in [0.25, 0.3) is 0 Å². The van der Waals surface area contributed by atoms with E-state index in [1.807, 2.05) is 0 Å². The number of halogens is 9. The molecule has 0 aromatic carbocycles. The van der Waals surface area contributed by atoms with E-state index in [9.17, 15) is 39.5 Å². The molecule has 1 fully saturated rings. The maximum atomic E-state index is 12.7. The first-order valence-corrected chi connectivity index (χ1v) is 5.04.